The second-order valence-corrected chi connectivity index (χ2v) is 10.5. The third-order valence-electron chi connectivity index (χ3n) is 7.74. The number of methoxy groups -OCH3 is 2. The summed E-state index contributed by atoms with van der Waals surface area (Å²) < 4.78 is 16.4. The van der Waals surface area contributed by atoms with E-state index in [-0.39, 0.29) is 30.9 Å². The van der Waals surface area contributed by atoms with E-state index < -0.39 is 5.54 Å². The summed E-state index contributed by atoms with van der Waals surface area (Å²) in [5.41, 5.74) is 0.565. The molecule has 5 rings (SSSR count). The van der Waals surface area contributed by atoms with Gasteiger partial charge < -0.3 is 34.3 Å². The zero-order chi connectivity index (χ0) is 28.1. The lowest BCUT2D eigenvalue weighted by molar-refractivity contribution is -0.146. The van der Waals surface area contributed by atoms with Gasteiger partial charge in [-0.1, -0.05) is 43.2 Å². The van der Waals surface area contributed by atoms with Crippen LogP contribution in [0.1, 0.15) is 43.0 Å². The highest BCUT2D eigenvalue weighted by Gasteiger charge is 2.49. The first-order chi connectivity index (χ1) is 19.4. The summed E-state index contributed by atoms with van der Waals surface area (Å²) in [5, 5.41) is 6.90. The number of amides is 2. The van der Waals surface area contributed by atoms with E-state index in [9.17, 15) is 9.59 Å². The van der Waals surface area contributed by atoms with Gasteiger partial charge in [-0.3, -0.25) is 9.59 Å². The van der Waals surface area contributed by atoms with Crippen molar-refractivity contribution in [1.82, 2.24) is 15.1 Å². The van der Waals surface area contributed by atoms with Gasteiger partial charge in [0.2, 0.25) is 11.8 Å². The van der Waals surface area contributed by atoms with Gasteiger partial charge >= 0.3 is 0 Å². The Kier molecular flexibility index (Phi) is 8.25. The van der Waals surface area contributed by atoms with Crippen LogP contribution in [-0.2, 0) is 16.1 Å². The normalized spacial score (nSPS) is 17.8. The van der Waals surface area contributed by atoms with Crippen LogP contribution in [0.3, 0.4) is 0 Å². The minimum Gasteiger partial charge on any atom is -0.497 e. The van der Waals surface area contributed by atoms with Crippen LogP contribution in [-0.4, -0.2) is 59.6 Å². The van der Waals surface area contributed by atoms with Crippen LogP contribution in [0.15, 0.2) is 71.3 Å². The molecule has 1 aliphatic carbocycles. The number of thiocarbonyl (C=S) groups is 1. The topological polar surface area (TPSA) is 96.3 Å². The summed E-state index contributed by atoms with van der Waals surface area (Å²) in [5.74, 6) is 1.26. The zero-order valence-corrected chi connectivity index (χ0v) is 23.5. The molecule has 210 valence electrons. The number of hydrogen-bond donors (Lipinski definition) is 2. The van der Waals surface area contributed by atoms with Crippen molar-refractivity contribution >= 4 is 34.8 Å². The van der Waals surface area contributed by atoms with Gasteiger partial charge in [-0.15, -0.1) is 0 Å². The summed E-state index contributed by atoms with van der Waals surface area (Å²) in [6, 6.07) is 18.8. The molecule has 1 saturated heterocycles. The van der Waals surface area contributed by atoms with Crippen molar-refractivity contribution in [2.75, 3.05) is 32.6 Å². The molecule has 0 radical (unpaired) electrons. The van der Waals surface area contributed by atoms with Gasteiger partial charge in [-0.2, -0.15) is 0 Å². The predicted octanol–water partition coefficient (Wildman–Crippen LogP) is 4.51. The summed E-state index contributed by atoms with van der Waals surface area (Å²) in [7, 11) is 3.11. The summed E-state index contributed by atoms with van der Waals surface area (Å²) in [6.07, 6.45) is 4.31. The molecule has 0 spiro atoms. The Morgan fingerprint density at radius 2 is 1.88 bits per heavy atom. The first kappa shape index (κ1) is 27.5. The van der Waals surface area contributed by atoms with Gasteiger partial charge in [0.25, 0.3) is 0 Å². The van der Waals surface area contributed by atoms with Crippen molar-refractivity contribution in [2.45, 2.75) is 43.8 Å². The molecule has 1 atom stereocenters. The van der Waals surface area contributed by atoms with Crippen LogP contribution in [0.2, 0.25) is 0 Å². The van der Waals surface area contributed by atoms with Crippen molar-refractivity contribution in [3.63, 3.8) is 0 Å². The van der Waals surface area contributed by atoms with Crippen LogP contribution in [0.5, 0.6) is 11.5 Å². The Labute approximate surface area is 239 Å². The second-order valence-electron chi connectivity index (χ2n) is 10.1. The standard InChI is InChI=1S/C30H34N4O5S/c1-37-22-12-13-24(26(17-22)38-2)31-28(36)30(14-6-7-15-30)34(18-23-11-8-16-39-23)27(35)20-33-19-25(32-29(33)40)21-9-4-3-5-10-21/h3-5,8-13,16-17,25H,6-7,14-15,18-20H2,1-2H3,(H,31,36)(H,32,40)/t25-/m1/s1. The molecular formula is C30H34N4O5S. The van der Waals surface area contributed by atoms with Gasteiger partial charge in [0.1, 0.15) is 22.8 Å². The lowest BCUT2D eigenvalue weighted by atomic mass is 9.92. The molecule has 2 amide bonds. The number of hydrogen-bond acceptors (Lipinski definition) is 6. The molecule has 0 unspecified atom stereocenters. The Bertz CT molecular complexity index is 1340. The average Bonchev–Trinajstić information content (AvgIpc) is 3.75. The van der Waals surface area contributed by atoms with Gasteiger partial charge in [-0.05, 0) is 54.9 Å². The fraction of sp³-hybridized carbons (Fsp3) is 0.367. The Balaban J connectivity index is 1.41. The predicted molar refractivity (Wildman–Crippen MR) is 155 cm³/mol. The number of rotatable bonds is 10. The average molecular weight is 563 g/mol. The van der Waals surface area contributed by atoms with Crippen LogP contribution in [0.25, 0.3) is 0 Å². The molecule has 1 aromatic heterocycles. The number of nitrogens with one attached hydrogen (secondary N) is 2. The van der Waals surface area contributed by atoms with E-state index in [1.54, 1.807) is 42.5 Å². The summed E-state index contributed by atoms with van der Waals surface area (Å²) in [6.45, 7) is 0.789. The number of carbonyl (C=O) groups excluding carboxylic acids is 2. The summed E-state index contributed by atoms with van der Waals surface area (Å²) in [4.78, 5) is 31.8. The van der Waals surface area contributed by atoms with E-state index in [1.807, 2.05) is 41.3 Å². The molecule has 40 heavy (non-hydrogen) atoms. The van der Waals surface area contributed by atoms with Crippen LogP contribution < -0.4 is 20.1 Å². The van der Waals surface area contributed by atoms with Crippen molar-refractivity contribution < 1.29 is 23.5 Å². The minimum atomic E-state index is -1.05. The largest absolute Gasteiger partial charge is 0.497 e. The van der Waals surface area contributed by atoms with E-state index in [2.05, 4.69) is 10.6 Å². The number of anilines is 1. The van der Waals surface area contributed by atoms with Gasteiger partial charge in [0.05, 0.1) is 45.3 Å². The molecule has 2 N–H and O–H groups in total. The van der Waals surface area contributed by atoms with Crippen molar-refractivity contribution in [3.05, 3.63) is 78.3 Å². The lowest BCUT2D eigenvalue weighted by Crippen LogP contribution is -2.59. The van der Waals surface area contributed by atoms with Crippen LogP contribution in [0.4, 0.5) is 5.69 Å². The van der Waals surface area contributed by atoms with Crippen LogP contribution >= 0.6 is 12.2 Å². The molecule has 2 aromatic carbocycles. The number of benzene rings is 2. The monoisotopic (exact) mass is 562 g/mol. The minimum absolute atomic E-state index is 0.00806. The molecule has 2 heterocycles. The first-order valence-electron chi connectivity index (χ1n) is 13.4. The highest BCUT2D eigenvalue weighted by Crippen LogP contribution is 2.39. The molecule has 10 heteroatoms. The maximum atomic E-state index is 14.1. The van der Waals surface area contributed by atoms with E-state index in [4.69, 9.17) is 26.1 Å². The second kappa shape index (κ2) is 12.0. The smallest absolute Gasteiger partial charge is 0.250 e. The quantitative estimate of drug-likeness (QED) is 0.349. The molecule has 0 bridgehead atoms. The highest BCUT2D eigenvalue weighted by atomic mass is 32.1. The molecule has 2 fully saturated rings. The highest BCUT2D eigenvalue weighted by molar-refractivity contribution is 7.80. The van der Waals surface area contributed by atoms with E-state index in [0.717, 1.165) is 18.4 Å². The van der Waals surface area contributed by atoms with Crippen molar-refractivity contribution in [1.29, 1.82) is 0 Å². The van der Waals surface area contributed by atoms with E-state index >= 15 is 0 Å². The van der Waals surface area contributed by atoms with E-state index in [0.29, 0.717) is 47.4 Å². The molecule has 1 aliphatic heterocycles. The maximum Gasteiger partial charge on any atom is 0.250 e. The Hall–Kier alpha value is -4.05. The molecule has 1 saturated carbocycles. The summed E-state index contributed by atoms with van der Waals surface area (Å²) >= 11 is 5.61. The number of carbonyl (C=O) groups is 2. The first-order valence-corrected chi connectivity index (χ1v) is 13.8. The zero-order valence-electron chi connectivity index (χ0n) is 22.7. The van der Waals surface area contributed by atoms with Gasteiger partial charge in [0.15, 0.2) is 5.11 Å². The SMILES string of the molecule is COc1ccc(NC(=O)C2(N(Cc3ccco3)C(=O)CN3C[C@H](c4ccccc4)NC3=S)CCCC2)c(OC)c1. The molecular weight excluding hydrogens is 528 g/mol. The number of furan rings is 1. The van der Waals surface area contributed by atoms with Gasteiger partial charge in [0, 0.05) is 12.6 Å². The Morgan fingerprint density at radius 1 is 1.10 bits per heavy atom. The number of ether oxygens (including phenoxy) is 2. The van der Waals surface area contributed by atoms with Crippen molar-refractivity contribution in [3.8, 4) is 11.5 Å². The van der Waals surface area contributed by atoms with Gasteiger partial charge in [-0.25, -0.2) is 0 Å². The van der Waals surface area contributed by atoms with Crippen LogP contribution in [0, 0.1) is 0 Å². The fourth-order valence-corrected chi connectivity index (χ4v) is 5.89. The number of nitrogens with zero attached hydrogens (tertiary/aromatic N) is 2. The third kappa shape index (κ3) is 5.62. The van der Waals surface area contributed by atoms with E-state index in [1.165, 1.54) is 7.11 Å². The third-order valence-corrected chi connectivity index (χ3v) is 8.11. The lowest BCUT2D eigenvalue weighted by Gasteiger charge is -2.40. The Morgan fingerprint density at radius 3 is 2.55 bits per heavy atom. The fourth-order valence-electron chi connectivity index (χ4n) is 5.60. The molecule has 9 nitrogen and oxygen atoms in total. The van der Waals surface area contributed by atoms with Crippen molar-refractivity contribution in [2.24, 2.45) is 0 Å². The molecule has 3 aromatic rings. The maximum absolute atomic E-state index is 14.1. The molecule has 2 aliphatic rings.